The van der Waals surface area contributed by atoms with Crippen molar-refractivity contribution in [2.24, 2.45) is 0 Å². The third-order valence-electron chi connectivity index (χ3n) is 2.94. The number of carbonyl (C=O) groups excluding carboxylic acids is 1. The molecule has 0 aliphatic carbocycles. The summed E-state index contributed by atoms with van der Waals surface area (Å²) in [4.78, 5) is 15.4. The molecule has 3 aromatic rings. The molecule has 0 aliphatic rings. The zero-order valence-corrected chi connectivity index (χ0v) is 11.7. The number of aromatic hydroxyl groups is 1. The second-order valence-electron chi connectivity index (χ2n) is 4.53. The molecule has 0 amide bonds. The van der Waals surface area contributed by atoms with Gasteiger partial charge in [-0.2, -0.15) is 4.98 Å². The Balaban J connectivity index is 2.02. The summed E-state index contributed by atoms with van der Waals surface area (Å²) >= 11 is 0. The molecule has 0 unspecified atom stereocenters. The molecule has 0 radical (unpaired) electrons. The van der Waals surface area contributed by atoms with E-state index in [1.54, 1.807) is 42.5 Å². The fourth-order valence-corrected chi connectivity index (χ4v) is 1.99. The number of rotatable bonds is 3. The first kappa shape index (κ1) is 13.8. The average molecular weight is 296 g/mol. The zero-order valence-electron chi connectivity index (χ0n) is 11.7. The summed E-state index contributed by atoms with van der Waals surface area (Å²) in [5.41, 5.74) is 0.967. The highest BCUT2D eigenvalue weighted by molar-refractivity contribution is 5.74. The second kappa shape index (κ2) is 5.69. The Morgan fingerprint density at radius 2 is 1.77 bits per heavy atom. The van der Waals surface area contributed by atoms with Crippen LogP contribution in [-0.2, 0) is 4.79 Å². The topological polar surface area (TPSA) is 85.5 Å². The summed E-state index contributed by atoms with van der Waals surface area (Å²) in [5.74, 6) is 0.416. The molecule has 1 heterocycles. The van der Waals surface area contributed by atoms with Crippen molar-refractivity contribution in [2.75, 3.05) is 0 Å². The number of phenolic OH excluding ortho intramolecular Hbond substituents is 1. The van der Waals surface area contributed by atoms with Crippen molar-refractivity contribution >= 4 is 5.97 Å². The van der Waals surface area contributed by atoms with Gasteiger partial charge in [-0.25, -0.2) is 0 Å². The fraction of sp³-hybridized carbons (Fsp3) is 0.0625. The van der Waals surface area contributed by atoms with Crippen molar-refractivity contribution in [1.29, 1.82) is 0 Å². The lowest BCUT2D eigenvalue weighted by Gasteiger charge is -2.04. The third kappa shape index (κ3) is 2.67. The monoisotopic (exact) mass is 296 g/mol. The van der Waals surface area contributed by atoms with E-state index in [0.29, 0.717) is 16.9 Å². The summed E-state index contributed by atoms with van der Waals surface area (Å²) in [6, 6.07) is 13.5. The number of phenols is 1. The van der Waals surface area contributed by atoms with Gasteiger partial charge in [-0.3, -0.25) is 4.79 Å². The number of ether oxygens (including phenoxy) is 1. The van der Waals surface area contributed by atoms with Crippen molar-refractivity contribution in [3.63, 3.8) is 0 Å². The number of benzene rings is 2. The Kier molecular flexibility index (Phi) is 3.57. The summed E-state index contributed by atoms with van der Waals surface area (Å²) in [6.45, 7) is 1.32. The number of aromatic nitrogens is 2. The maximum Gasteiger partial charge on any atom is 0.308 e. The van der Waals surface area contributed by atoms with E-state index in [9.17, 15) is 9.90 Å². The predicted octanol–water partition coefficient (Wildman–Crippen LogP) is 3.03. The van der Waals surface area contributed by atoms with Crippen LogP contribution < -0.4 is 4.74 Å². The van der Waals surface area contributed by atoms with E-state index in [4.69, 9.17) is 9.26 Å². The zero-order chi connectivity index (χ0) is 15.5. The molecule has 0 spiro atoms. The summed E-state index contributed by atoms with van der Waals surface area (Å²) in [5, 5.41) is 13.7. The minimum Gasteiger partial charge on any atom is -0.507 e. The van der Waals surface area contributed by atoms with Crippen LogP contribution in [0.15, 0.2) is 53.1 Å². The highest BCUT2D eigenvalue weighted by Crippen LogP contribution is 2.32. The van der Waals surface area contributed by atoms with Gasteiger partial charge in [-0.15, -0.1) is 0 Å². The van der Waals surface area contributed by atoms with Gasteiger partial charge in [-0.05, 0) is 24.3 Å². The molecule has 22 heavy (non-hydrogen) atoms. The molecule has 2 aromatic carbocycles. The van der Waals surface area contributed by atoms with Gasteiger partial charge in [0, 0.05) is 6.92 Å². The Labute approximate surface area is 126 Å². The Bertz CT molecular complexity index is 826. The highest BCUT2D eigenvalue weighted by Gasteiger charge is 2.17. The van der Waals surface area contributed by atoms with Crippen LogP contribution in [0.1, 0.15) is 6.92 Å². The molecule has 0 saturated carbocycles. The van der Waals surface area contributed by atoms with Crippen LogP contribution in [0, 0.1) is 0 Å². The van der Waals surface area contributed by atoms with Crippen LogP contribution in [0.5, 0.6) is 11.5 Å². The van der Waals surface area contributed by atoms with Gasteiger partial charge in [0.15, 0.2) is 0 Å². The van der Waals surface area contributed by atoms with Crippen LogP contribution in [0.3, 0.4) is 0 Å². The second-order valence-corrected chi connectivity index (χ2v) is 4.53. The van der Waals surface area contributed by atoms with Gasteiger partial charge in [0.05, 0.1) is 11.1 Å². The molecule has 0 fully saturated rings. The minimum absolute atomic E-state index is 0.0584. The van der Waals surface area contributed by atoms with Gasteiger partial charge in [0.25, 0.3) is 5.89 Å². The van der Waals surface area contributed by atoms with Crippen molar-refractivity contribution in [3.05, 3.63) is 48.5 Å². The highest BCUT2D eigenvalue weighted by atomic mass is 16.5. The Morgan fingerprint density at radius 3 is 2.50 bits per heavy atom. The Morgan fingerprint density at radius 1 is 1.09 bits per heavy atom. The first-order chi connectivity index (χ1) is 10.6. The molecule has 3 rings (SSSR count). The van der Waals surface area contributed by atoms with Crippen molar-refractivity contribution in [2.45, 2.75) is 6.92 Å². The smallest absolute Gasteiger partial charge is 0.308 e. The van der Waals surface area contributed by atoms with Gasteiger partial charge < -0.3 is 14.4 Å². The first-order valence-electron chi connectivity index (χ1n) is 6.55. The molecule has 0 aliphatic heterocycles. The van der Waals surface area contributed by atoms with Gasteiger partial charge in [-0.1, -0.05) is 29.4 Å². The standard InChI is InChI=1S/C16H12N2O4/c1-10(19)21-14-9-5-3-7-12(14)16-17-15(18-22-16)11-6-2-4-8-13(11)20/h2-9,20H,1H3. The number of carbonyl (C=O) groups is 1. The van der Waals surface area contributed by atoms with Crippen LogP contribution in [0.2, 0.25) is 0 Å². The average Bonchev–Trinajstić information content (AvgIpc) is 2.97. The molecule has 0 atom stereocenters. The molecular formula is C16H12N2O4. The van der Waals surface area contributed by atoms with E-state index in [-0.39, 0.29) is 17.5 Å². The number of para-hydroxylation sites is 2. The maximum atomic E-state index is 11.1. The van der Waals surface area contributed by atoms with Crippen molar-refractivity contribution in [3.8, 4) is 34.3 Å². The molecule has 0 saturated heterocycles. The van der Waals surface area contributed by atoms with Crippen LogP contribution in [0.4, 0.5) is 0 Å². The van der Waals surface area contributed by atoms with Crippen molar-refractivity contribution < 1.29 is 19.2 Å². The molecule has 0 bridgehead atoms. The lowest BCUT2D eigenvalue weighted by atomic mass is 10.2. The van der Waals surface area contributed by atoms with Crippen LogP contribution in [0.25, 0.3) is 22.8 Å². The summed E-state index contributed by atoms with van der Waals surface area (Å²) in [7, 11) is 0. The lowest BCUT2D eigenvalue weighted by Crippen LogP contribution is -2.02. The largest absolute Gasteiger partial charge is 0.507 e. The van der Waals surface area contributed by atoms with Gasteiger partial charge in [0.2, 0.25) is 5.82 Å². The molecule has 6 nitrogen and oxygen atoms in total. The van der Waals surface area contributed by atoms with E-state index in [0.717, 1.165) is 0 Å². The van der Waals surface area contributed by atoms with Crippen LogP contribution in [-0.4, -0.2) is 21.2 Å². The van der Waals surface area contributed by atoms with Gasteiger partial charge in [0.1, 0.15) is 11.5 Å². The lowest BCUT2D eigenvalue weighted by molar-refractivity contribution is -0.131. The normalized spacial score (nSPS) is 10.4. The first-order valence-corrected chi connectivity index (χ1v) is 6.55. The fourth-order valence-electron chi connectivity index (χ4n) is 1.99. The number of hydrogen-bond acceptors (Lipinski definition) is 6. The van der Waals surface area contributed by atoms with E-state index < -0.39 is 5.97 Å². The quantitative estimate of drug-likeness (QED) is 0.590. The van der Waals surface area contributed by atoms with E-state index in [2.05, 4.69) is 10.1 Å². The number of hydrogen-bond donors (Lipinski definition) is 1. The summed E-state index contributed by atoms with van der Waals surface area (Å²) < 4.78 is 10.3. The van der Waals surface area contributed by atoms with Gasteiger partial charge >= 0.3 is 5.97 Å². The predicted molar refractivity (Wildman–Crippen MR) is 78.1 cm³/mol. The molecule has 1 aromatic heterocycles. The SMILES string of the molecule is CC(=O)Oc1ccccc1-c1nc(-c2ccccc2O)no1. The molecule has 6 heteroatoms. The molecule has 110 valence electrons. The third-order valence-corrected chi connectivity index (χ3v) is 2.94. The van der Waals surface area contributed by atoms with E-state index in [1.165, 1.54) is 13.0 Å². The van der Waals surface area contributed by atoms with Crippen molar-refractivity contribution in [1.82, 2.24) is 10.1 Å². The number of esters is 1. The molecular weight excluding hydrogens is 284 g/mol. The maximum absolute atomic E-state index is 11.1. The minimum atomic E-state index is -0.437. The molecule has 1 N–H and O–H groups in total. The Hall–Kier alpha value is -3.15. The number of nitrogens with zero attached hydrogens (tertiary/aromatic N) is 2. The van der Waals surface area contributed by atoms with E-state index >= 15 is 0 Å². The van der Waals surface area contributed by atoms with E-state index in [1.807, 2.05) is 0 Å². The summed E-state index contributed by atoms with van der Waals surface area (Å²) in [6.07, 6.45) is 0. The van der Waals surface area contributed by atoms with Crippen LogP contribution >= 0.6 is 0 Å².